The second kappa shape index (κ2) is 7.29. The van der Waals surface area contributed by atoms with Gasteiger partial charge in [0, 0.05) is 30.6 Å². The van der Waals surface area contributed by atoms with Gasteiger partial charge in [-0.1, -0.05) is 12.1 Å². The normalized spacial score (nSPS) is 20.2. The zero-order valence-corrected chi connectivity index (χ0v) is 15.5. The molecule has 0 aliphatic carbocycles. The lowest BCUT2D eigenvalue weighted by Gasteiger charge is -2.26. The van der Waals surface area contributed by atoms with Crippen LogP contribution >= 0.6 is 0 Å². The van der Waals surface area contributed by atoms with Crippen molar-refractivity contribution in [2.24, 2.45) is 0 Å². The number of furan rings is 1. The summed E-state index contributed by atoms with van der Waals surface area (Å²) in [6.07, 6.45) is 1.22. The van der Waals surface area contributed by atoms with Gasteiger partial charge in [-0.2, -0.15) is 0 Å². The molecule has 4 rings (SSSR count). The van der Waals surface area contributed by atoms with Crippen LogP contribution in [0.15, 0.2) is 39.5 Å². The van der Waals surface area contributed by atoms with Gasteiger partial charge in [-0.15, -0.1) is 0 Å². The van der Waals surface area contributed by atoms with Crippen LogP contribution in [0.4, 0.5) is 0 Å². The minimum atomic E-state index is -1.08. The number of aromatic nitrogens is 2. The number of H-pyrrole nitrogens is 1. The van der Waals surface area contributed by atoms with E-state index in [9.17, 15) is 14.7 Å². The number of nitrogens with zero attached hydrogens (tertiary/aromatic N) is 1. The molecule has 0 spiro atoms. The number of aliphatic hydroxyl groups excluding tert-OH is 1. The summed E-state index contributed by atoms with van der Waals surface area (Å²) in [6.45, 7) is 2.55. The van der Waals surface area contributed by atoms with Crippen molar-refractivity contribution in [3.63, 3.8) is 0 Å². The van der Waals surface area contributed by atoms with E-state index in [1.807, 2.05) is 25.1 Å². The van der Waals surface area contributed by atoms with E-state index in [0.717, 1.165) is 23.0 Å². The molecule has 28 heavy (non-hydrogen) atoms. The van der Waals surface area contributed by atoms with Crippen molar-refractivity contribution >= 4 is 17.0 Å². The number of carboxylic acid groups (broad SMARTS) is 1. The molecule has 148 valence electrons. The van der Waals surface area contributed by atoms with Gasteiger partial charge >= 0.3 is 11.7 Å². The first kappa shape index (κ1) is 18.5. The maximum absolute atomic E-state index is 12.2. The summed E-state index contributed by atoms with van der Waals surface area (Å²) in [5.41, 5.74) is 2.10. The molecule has 0 saturated carbocycles. The molecule has 3 aromatic rings. The molecule has 4 N–H and O–H groups in total. The predicted molar refractivity (Wildman–Crippen MR) is 103 cm³/mol. The summed E-state index contributed by atoms with van der Waals surface area (Å²) in [7, 11) is 0. The molecule has 8 nitrogen and oxygen atoms in total. The van der Waals surface area contributed by atoms with E-state index in [4.69, 9.17) is 9.52 Å². The molecule has 0 saturated heterocycles. The number of aryl methyl sites for hydroxylation is 2. The molecule has 1 aliphatic heterocycles. The van der Waals surface area contributed by atoms with E-state index in [1.54, 1.807) is 10.6 Å². The van der Waals surface area contributed by atoms with Crippen LogP contribution in [-0.2, 0) is 13.0 Å². The molecule has 3 unspecified atom stereocenters. The van der Waals surface area contributed by atoms with Gasteiger partial charge in [-0.3, -0.25) is 4.57 Å². The summed E-state index contributed by atoms with van der Waals surface area (Å²) in [6, 6.07) is 8.56. The number of nitrogens with one attached hydrogen (secondary N) is 2. The zero-order valence-electron chi connectivity index (χ0n) is 15.5. The monoisotopic (exact) mass is 385 g/mol. The van der Waals surface area contributed by atoms with Crippen molar-refractivity contribution in [1.29, 1.82) is 0 Å². The minimum absolute atomic E-state index is 0.0601. The van der Waals surface area contributed by atoms with Crippen LogP contribution in [0.25, 0.3) is 11.0 Å². The van der Waals surface area contributed by atoms with E-state index in [2.05, 4.69) is 10.3 Å². The fourth-order valence-electron chi connectivity index (χ4n) is 3.95. The summed E-state index contributed by atoms with van der Waals surface area (Å²) >= 11 is 0. The SMILES string of the molecule is CC(CCc1ccc(C(=O)O)o1)NC1CCn2c(=O)[nH]c3cccc(c32)C1O. The maximum Gasteiger partial charge on any atom is 0.371 e. The smallest absolute Gasteiger partial charge is 0.371 e. The average Bonchev–Trinajstić information content (AvgIpc) is 3.23. The van der Waals surface area contributed by atoms with Crippen LogP contribution in [0.2, 0.25) is 0 Å². The highest BCUT2D eigenvalue weighted by molar-refractivity contribution is 5.84. The largest absolute Gasteiger partial charge is 0.475 e. The molecule has 0 radical (unpaired) electrons. The Balaban J connectivity index is 1.44. The van der Waals surface area contributed by atoms with Crippen LogP contribution in [0.5, 0.6) is 0 Å². The number of rotatable bonds is 6. The van der Waals surface area contributed by atoms with Crippen molar-refractivity contribution in [2.75, 3.05) is 0 Å². The Hall–Kier alpha value is -2.84. The van der Waals surface area contributed by atoms with Gasteiger partial charge < -0.3 is 24.9 Å². The second-order valence-corrected chi connectivity index (χ2v) is 7.34. The van der Waals surface area contributed by atoms with Gasteiger partial charge in [0.15, 0.2) is 0 Å². The molecule has 1 aromatic carbocycles. The fourth-order valence-corrected chi connectivity index (χ4v) is 3.95. The van der Waals surface area contributed by atoms with E-state index in [0.29, 0.717) is 25.1 Å². The Bertz CT molecular complexity index is 1060. The minimum Gasteiger partial charge on any atom is -0.475 e. The lowest BCUT2D eigenvalue weighted by Crippen LogP contribution is -2.41. The molecule has 1 aliphatic rings. The Kier molecular flexibility index (Phi) is 4.82. The first-order valence-electron chi connectivity index (χ1n) is 9.41. The maximum atomic E-state index is 12.2. The van der Waals surface area contributed by atoms with Gasteiger partial charge in [0.05, 0.1) is 17.1 Å². The zero-order chi connectivity index (χ0) is 19.8. The van der Waals surface area contributed by atoms with Crippen LogP contribution in [0, 0.1) is 0 Å². The fraction of sp³-hybridized carbons (Fsp3) is 0.400. The Morgan fingerprint density at radius 1 is 1.39 bits per heavy atom. The number of para-hydroxylation sites is 1. The van der Waals surface area contributed by atoms with E-state index in [-0.39, 0.29) is 23.5 Å². The van der Waals surface area contributed by atoms with Crippen LogP contribution in [-0.4, -0.2) is 37.8 Å². The van der Waals surface area contributed by atoms with Crippen LogP contribution in [0.3, 0.4) is 0 Å². The number of aliphatic hydroxyl groups is 1. The number of carbonyl (C=O) groups is 1. The number of hydrogen-bond acceptors (Lipinski definition) is 5. The summed E-state index contributed by atoms with van der Waals surface area (Å²) in [5.74, 6) is -0.512. The molecule has 2 aromatic heterocycles. The van der Waals surface area contributed by atoms with Gasteiger partial charge in [0.1, 0.15) is 5.76 Å². The molecule has 8 heteroatoms. The van der Waals surface area contributed by atoms with Crippen LogP contribution in [0.1, 0.15) is 47.7 Å². The third-order valence-electron chi connectivity index (χ3n) is 5.38. The second-order valence-electron chi connectivity index (χ2n) is 7.34. The highest BCUT2D eigenvalue weighted by Crippen LogP contribution is 2.30. The Morgan fingerprint density at radius 2 is 2.21 bits per heavy atom. The lowest BCUT2D eigenvalue weighted by molar-refractivity contribution is 0.0660. The van der Waals surface area contributed by atoms with Gasteiger partial charge in [-0.25, -0.2) is 9.59 Å². The average molecular weight is 385 g/mol. The topological polar surface area (TPSA) is 120 Å². The van der Waals surface area contributed by atoms with E-state index >= 15 is 0 Å². The third kappa shape index (κ3) is 3.36. The third-order valence-corrected chi connectivity index (χ3v) is 5.38. The van der Waals surface area contributed by atoms with E-state index < -0.39 is 12.1 Å². The van der Waals surface area contributed by atoms with Crippen molar-refractivity contribution in [1.82, 2.24) is 14.9 Å². The van der Waals surface area contributed by atoms with Gasteiger partial charge in [0.25, 0.3) is 0 Å². The number of aromatic carboxylic acids is 1. The number of benzene rings is 1. The van der Waals surface area contributed by atoms with Crippen LogP contribution < -0.4 is 11.0 Å². The highest BCUT2D eigenvalue weighted by atomic mass is 16.4. The van der Waals surface area contributed by atoms with Crippen molar-refractivity contribution in [3.05, 3.63) is 57.9 Å². The quantitative estimate of drug-likeness (QED) is 0.515. The summed E-state index contributed by atoms with van der Waals surface area (Å²) in [4.78, 5) is 25.9. The number of imidazole rings is 1. The van der Waals surface area contributed by atoms with Crippen molar-refractivity contribution in [2.45, 2.75) is 50.9 Å². The lowest BCUT2D eigenvalue weighted by atomic mass is 9.98. The number of carboxylic acids is 1. The Labute approximate surface area is 160 Å². The van der Waals surface area contributed by atoms with Gasteiger partial charge in [-0.05, 0) is 38.0 Å². The molecule has 0 fully saturated rings. The molecular formula is C20H23N3O5. The molecule has 3 atom stereocenters. The molecule has 0 amide bonds. The highest BCUT2D eigenvalue weighted by Gasteiger charge is 2.29. The molecule has 0 bridgehead atoms. The summed E-state index contributed by atoms with van der Waals surface area (Å²) < 4.78 is 6.98. The first-order valence-corrected chi connectivity index (χ1v) is 9.41. The number of hydrogen-bond donors (Lipinski definition) is 4. The first-order chi connectivity index (χ1) is 13.4. The standard InChI is InChI=1S/C20H23N3O5/c1-11(5-6-12-7-8-16(28-12)19(25)26)21-15-9-10-23-17-13(18(15)24)3-2-4-14(17)22-20(23)27/h2-4,7-8,11,15,18,21,24H,5-6,9-10H2,1H3,(H,22,27)(H,25,26). The Morgan fingerprint density at radius 3 is 2.96 bits per heavy atom. The molecule has 3 heterocycles. The van der Waals surface area contributed by atoms with Crippen molar-refractivity contribution < 1.29 is 19.4 Å². The molecular weight excluding hydrogens is 362 g/mol. The number of aromatic amines is 1. The van der Waals surface area contributed by atoms with Crippen molar-refractivity contribution in [3.8, 4) is 0 Å². The summed E-state index contributed by atoms with van der Waals surface area (Å²) in [5, 5.41) is 23.3. The van der Waals surface area contributed by atoms with E-state index in [1.165, 1.54) is 6.07 Å². The van der Waals surface area contributed by atoms with Gasteiger partial charge in [0.2, 0.25) is 5.76 Å². The predicted octanol–water partition coefficient (Wildman–Crippen LogP) is 2.04.